The van der Waals surface area contributed by atoms with E-state index in [2.05, 4.69) is 16.5 Å². The highest BCUT2D eigenvalue weighted by molar-refractivity contribution is 5.54. The van der Waals surface area contributed by atoms with Crippen LogP contribution in [0.2, 0.25) is 0 Å². The van der Waals surface area contributed by atoms with Crippen molar-refractivity contribution < 1.29 is 0 Å². The largest absolute Gasteiger partial charge is 0.320 e. The Hall–Kier alpha value is -1.64. The van der Waals surface area contributed by atoms with Gasteiger partial charge in [0.15, 0.2) is 5.82 Å². The minimum absolute atomic E-state index is 0.757. The molecule has 54 valence electrons. The Labute approximate surface area is 64.4 Å². The van der Waals surface area contributed by atoms with Crippen molar-refractivity contribution in [3.05, 3.63) is 31.2 Å². The van der Waals surface area contributed by atoms with E-state index in [-0.39, 0.29) is 0 Å². The average molecular weight is 145 g/mol. The molecular weight excluding hydrogens is 138 g/mol. The van der Waals surface area contributed by atoms with E-state index >= 15 is 0 Å². The molecule has 0 amide bonds. The van der Waals surface area contributed by atoms with E-state index < -0.39 is 0 Å². The topological polar surface area (TPSA) is 30.7 Å². The van der Waals surface area contributed by atoms with Gasteiger partial charge in [-0.3, -0.25) is 0 Å². The first-order valence-corrected chi connectivity index (χ1v) is 3.32. The van der Waals surface area contributed by atoms with Crippen molar-refractivity contribution in [1.29, 1.82) is 0 Å². The van der Waals surface area contributed by atoms with Crippen molar-refractivity contribution in [2.45, 2.75) is 0 Å². The Balaban J connectivity index is 2.75. The smallest absolute Gasteiger partial charge is 0.176 e. The molecule has 0 saturated carbocycles. The van der Waals surface area contributed by atoms with Crippen LogP contribution in [0, 0.1) is 0 Å². The molecule has 11 heavy (non-hydrogen) atoms. The van der Waals surface area contributed by atoms with Crippen molar-refractivity contribution in [3.8, 4) is 11.5 Å². The fourth-order valence-electron chi connectivity index (χ4n) is 1.04. The summed E-state index contributed by atoms with van der Waals surface area (Å²) < 4.78 is 1.88. The minimum atomic E-state index is 0.757. The summed E-state index contributed by atoms with van der Waals surface area (Å²) >= 11 is 0. The molecule has 0 aromatic heterocycles. The second-order valence-corrected chi connectivity index (χ2v) is 2.17. The van der Waals surface area contributed by atoms with Crippen LogP contribution >= 0.6 is 0 Å². The maximum atomic E-state index is 4.07. The van der Waals surface area contributed by atoms with Crippen LogP contribution in [0.15, 0.2) is 31.2 Å². The lowest BCUT2D eigenvalue weighted by atomic mass is 10.4. The molecule has 0 atom stereocenters. The van der Waals surface area contributed by atoms with Crippen molar-refractivity contribution in [2.24, 2.45) is 0 Å². The zero-order valence-electron chi connectivity index (χ0n) is 5.94. The third kappa shape index (κ3) is 0.816. The van der Waals surface area contributed by atoms with E-state index in [4.69, 9.17) is 0 Å². The average Bonchev–Trinajstić information content (AvgIpc) is 2.50. The standard InChI is InChI=1S/C8H7N3/c1-2-11-6-5-10-8-7(11)3-4-9-8/h2-6H,1H2. The molecule has 0 aliphatic carbocycles. The predicted octanol–water partition coefficient (Wildman–Crippen LogP) is 1.48. The number of rotatable bonds is 1. The van der Waals surface area contributed by atoms with Crippen LogP contribution in [0.25, 0.3) is 17.7 Å². The molecule has 2 aliphatic rings. The van der Waals surface area contributed by atoms with E-state index in [1.807, 2.05) is 16.8 Å². The van der Waals surface area contributed by atoms with E-state index in [1.165, 1.54) is 0 Å². The van der Waals surface area contributed by atoms with E-state index in [0.717, 1.165) is 11.5 Å². The van der Waals surface area contributed by atoms with Crippen molar-refractivity contribution in [2.75, 3.05) is 0 Å². The van der Waals surface area contributed by atoms with Gasteiger partial charge in [0.05, 0.1) is 5.69 Å². The summed E-state index contributed by atoms with van der Waals surface area (Å²) in [6.07, 6.45) is 7.01. The molecule has 0 bridgehead atoms. The molecule has 2 heterocycles. The fourth-order valence-corrected chi connectivity index (χ4v) is 1.04. The molecule has 3 heteroatoms. The summed E-state index contributed by atoms with van der Waals surface area (Å²) in [6, 6.07) is 1.91. The Morgan fingerprint density at radius 1 is 1.36 bits per heavy atom. The van der Waals surface area contributed by atoms with Crippen LogP contribution in [0.3, 0.4) is 0 Å². The molecule has 2 aliphatic heterocycles. The number of fused-ring (bicyclic) bond motifs is 1. The second-order valence-electron chi connectivity index (χ2n) is 2.17. The molecule has 0 radical (unpaired) electrons. The molecule has 0 N–H and O–H groups in total. The van der Waals surface area contributed by atoms with Crippen molar-refractivity contribution in [1.82, 2.24) is 14.5 Å². The monoisotopic (exact) mass is 145 g/mol. The lowest BCUT2D eigenvalue weighted by molar-refractivity contribution is 1.06. The molecule has 0 aromatic rings. The molecule has 3 nitrogen and oxygen atoms in total. The van der Waals surface area contributed by atoms with Gasteiger partial charge in [-0.25, -0.2) is 9.97 Å². The maximum absolute atomic E-state index is 4.07. The van der Waals surface area contributed by atoms with Crippen LogP contribution < -0.4 is 0 Å². The lowest BCUT2D eigenvalue weighted by Gasteiger charge is -2.03. The van der Waals surface area contributed by atoms with Gasteiger partial charge >= 0.3 is 0 Å². The number of nitrogens with zero attached hydrogens (tertiary/aromatic N) is 3. The molecule has 2 rings (SSSR count). The van der Waals surface area contributed by atoms with Crippen LogP contribution in [0.5, 0.6) is 0 Å². The van der Waals surface area contributed by atoms with Crippen LogP contribution in [0.1, 0.15) is 0 Å². The van der Waals surface area contributed by atoms with Gasteiger partial charge in [0.25, 0.3) is 0 Å². The third-order valence-corrected chi connectivity index (χ3v) is 1.56. The Morgan fingerprint density at radius 2 is 2.18 bits per heavy atom. The van der Waals surface area contributed by atoms with Gasteiger partial charge in [0.2, 0.25) is 0 Å². The van der Waals surface area contributed by atoms with Gasteiger partial charge in [0, 0.05) is 24.8 Å². The molecule has 0 unspecified atom stereocenters. The number of aromatic nitrogens is 3. The maximum Gasteiger partial charge on any atom is 0.176 e. The molecule has 0 saturated heterocycles. The quantitative estimate of drug-likeness (QED) is 0.608. The zero-order valence-corrected chi connectivity index (χ0v) is 5.94. The van der Waals surface area contributed by atoms with Crippen LogP contribution in [-0.4, -0.2) is 14.5 Å². The Kier molecular flexibility index (Phi) is 1.22. The van der Waals surface area contributed by atoms with Gasteiger partial charge in [-0.05, 0) is 6.07 Å². The summed E-state index contributed by atoms with van der Waals surface area (Å²) in [5.41, 5.74) is 0.988. The summed E-state index contributed by atoms with van der Waals surface area (Å²) in [6.45, 7) is 3.67. The zero-order chi connectivity index (χ0) is 7.68. The summed E-state index contributed by atoms with van der Waals surface area (Å²) in [5, 5.41) is 0. The van der Waals surface area contributed by atoms with E-state index in [0.29, 0.717) is 0 Å². The first-order chi connectivity index (χ1) is 5.42. The Morgan fingerprint density at radius 3 is 3.00 bits per heavy atom. The normalized spacial score (nSPS) is 10.2. The highest BCUT2D eigenvalue weighted by Crippen LogP contribution is 2.15. The fraction of sp³-hybridized carbons (Fsp3) is 0. The number of hydrogen-bond acceptors (Lipinski definition) is 2. The first-order valence-electron chi connectivity index (χ1n) is 3.32. The van der Waals surface area contributed by atoms with Crippen molar-refractivity contribution >= 4 is 6.20 Å². The summed E-state index contributed by atoms with van der Waals surface area (Å²) in [4.78, 5) is 8.12. The van der Waals surface area contributed by atoms with Gasteiger partial charge < -0.3 is 4.57 Å². The second kappa shape index (κ2) is 2.20. The predicted molar refractivity (Wildman–Crippen MR) is 43.0 cm³/mol. The SMILES string of the molecule is C=Cn1ccnc2nccc1-2. The van der Waals surface area contributed by atoms with Gasteiger partial charge in [-0.15, -0.1) is 0 Å². The van der Waals surface area contributed by atoms with E-state index in [9.17, 15) is 0 Å². The van der Waals surface area contributed by atoms with Crippen molar-refractivity contribution in [3.63, 3.8) is 0 Å². The summed E-state index contributed by atoms with van der Waals surface area (Å²) in [7, 11) is 0. The van der Waals surface area contributed by atoms with Gasteiger partial charge in [-0.1, -0.05) is 6.58 Å². The number of hydrogen-bond donors (Lipinski definition) is 0. The molecule has 0 fully saturated rings. The first kappa shape index (κ1) is 6.09. The minimum Gasteiger partial charge on any atom is -0.320 e. The summed E-state index contributed by atoms with van der Waals surface area (Å²) in [5.74, 6) is 0.757. The highest BCUT2D eigenvalue weighted by Gasteiger charge is 2.05. The molecular formula is C8H7N3. The molecule has 0 spiro atoms. The van der Waals surface area contributed by atoms with Gasteiger partial charge in [0.1, 0.15) is 0 Å². The lowest BCUT2D eigenvalue weighted by Crippen LogP contribution is -1.94. The molecule has 0 aromatic carbocycles. The van der Waals surface area contributed by atoms with Gasteiger partial charge in [-0.2, -0.15) is 0 Å². The van der Waals surface area contributed by atoms with Crippen LogP contribution in [0.4, 0.5) is 0 Å². The van der Waals surface area contributed by atoms with E-state index in [1.54, 1.807) is 18.6 Å². The highest BCUT2D eigenvalue weighted by atomic mass is 15.0. The van der Waals surface area contributed by atoms with Crippen LogP contribution in [-0.2, 0) is 0 Å². The Bertz CT molecular complexity index is 350. The third-order valence-electron chi connectivity index (χ3n) is 1.56.